The second kappa shape index (κ2) is 5.44. The molecule has 0 radical (unpaired) electrons. The van der Waals surface area contributed by atoms with Gasteiger partial charge >= 0.3 is 0 Å². The van der Waals surface area contributed by atoms with Crippen LogP contribution in [0.4, 0.5) is 0 Å². The van der Waals surface area contributed by atoms with Gasteiger partial charge in [0.15, 0.2) is 0 Å². The lowest BCUT2D eigenvalue weighted by Gasteiger charge is -2.37. The summed E-state index contributed by atoms with van der Waals surface area (Å²) in [5.41, 5.74) is 0. The number of hydrogen-bond acceptors (Lipinski definition) is 4. The molecule has 2 atom stereocenters. The van der Waals surface area contributed by atoms with Gasteiger partial charge < -0.3 is 15.3 Å². The van der Waals surface area contributed by atoms with Crippen molar-refractivity contribution in [1.82, 2.24) is 15.1 Å². The minimum absolute atomic E-state index is 0.0602. The van der Waals surface area contributed by atoms with Crippen LogP contribution in [0.1, 0.15) is 6.92 Å². The van der Waals surface area contributed by atoms with Crippen molar-refractivity contribution in [2.45, 2.75) is 19.0 Å². The number of aliphatic hydroxyl groups is 1. The zero-order chi connectivity index (χ0) is 11.4. The van der Waals surface area contributed by atoms with Gasteiger partial charge in [0.05, 0.1) is 6.61 Å². The summed E-state index contributed by atoms with van der Waals surface area (Å²) in [7, 11) is 4.00. The highest BCUT2D eigenvalue weighted by Crippen LogP contribution is 2.07. The van der Waals surface area contributed by atoms with E-state index in [1.165, 1.54) is 0 Å². The molecule has 2 N–H and O–H groups in total. The van der Waals surface area contributed by atoms with Gasteiger partial charge in [-0.2, -0.15) is 0 Å². The second-order valence-electron chi connectivity index (χ2n) is 4.41. The monoisotopic (exact) mass is 215 g/mol. The number of amides is 1. The van der Waals surface area contributed by atoms with Gasteiger partial charge in [-0.25, -0.2) is 0 Å². The van der Waals surface area contributed by atoms with Crippen molar-refractivity contribution >= 4 is 5.91 Å². The van der Waals surface area contributed by atoms with E-state index in [9.17, 15) is 4.79 Å². The molecular formula is C10H21N3O2. The summed E-state index contributed by atoms with van der Waals surface area (Å²) in [6.07, 6.45) is 0. The summed E-state index contributed by atoms with van der Waals surface area (Å²) in [5.74, 6) is -0.0602. The number of likely N-dealkylation sites (N-methyl/N-ethyl adjacent to an activating group) is 1. The molecule has 1 rings (SSSR count). The predicted octanol–water partition coefficient (Wildman–Crippen LogP) is -1.27. The fourth-order valence-corrected chi connectivity index (χ4v) is 1.80. The Morgan fingerprint density at radius 3 is 2.80 bits per heavy atom. The van der Waals surface area contributed by atoms with Crippen LogP contribution in [-0.4, -0.2) is 73.2 Å². The smallest absolute Gasteiger partial charge is 0.239 e. The summed E-state index contributed by atoms with van der Waals surface area (Å²) < 4.78 is 0. The summed E-state index contributed by atoms with van der Waals surface area (Å²) >= 11 is 0. The van der Waals surface area contributed by atoms with Gasteiger partial charge in [0.1, 0.15) is 6.04 Å². The standard InChI is InChI=1S/C10H21N3O2/c1-8-6-13(5-4-12(2)3)9(7-14)10(15)11-8/h8-9,14H,4-7H2,1-3H3,(H,11,15). The molecule has 15 heavy (non-hydrogen) atoms. The molecule has 2 unspecified atom stereocenters. The number of hydrogen-bond donors (Lipinski definition) is 2. The van der Waals surface area contributed by atoms with Gasteiger partial charge in [0, 0.05) is 25.7 Å². The average molecular weight is 215 g/mol. The maximum absolute atomic E-state index is 11.6. The molecule has 1 heterocycles. The van der Waals surface area contributed by atoms with Crippen molar-refractivity contribution in [3.05, 3.63) is 0 Å². The Balaban J connectivity index is 2.53. The number of nitrogens with zero attached hydrogens (tertiary/aromatic N) is 2. The van der Waals surface area contributed by atoms with Crippen molar-refractivity contribution in [1.29, 1.82) is 0 Å². The van der Waals surface area contributed by atoms with Crippen molar-refractivity contribution in [3.8, 4) is 0 Å². The van der Waals surface area contributed by atoms with E-state index in [0.29, 0.717) is 0 Å². The topological polar surface area (TPSA) is 55.8 Å². The first-order chi connectivity index (χ1) is 7.04. The quantitative estimate of drug-likeness (QED) is 0.614. The van der Waals surface area contributed by atoms with Crippen LogP contribution in [0.15, 0.2) is 0 Å². The molecular weight excluding hydrogens is 194 g/mol. The SMILES string of the molecule is CC1CN(CCN(C)C)C(CO)C(=O)N1. The molecule has 5 nitrogen and oxygen atoms in total. The minimum Gasteiger partial charge on any atom is -0.394 e. The molecule has 0 bridgehead atoms. The Kier molecular flexibility index (Phi) is 4.50. The number of nitrogens with one attached hydrogen (secondary N) is 1. The van der Waals surface area contributed by atoms with E-state index >= 15 is 0 Å². The molecule has 1 aliphatic heterocycles. The Labute approximate surface area is 91.0 Å². The number of aliphatic hydroxyl groups excluding tert-OH is 1. The molecule has 0 aromatic carbocycles. The Bertz CT molecular complexity index is 221. The van der Waals surface area contributed by atoms with E-state index < -0.39 is 0 Å². The zero-order valence-corrected chi connectivity index (χ0v) is 9.73. The number of piperazine rings is 1. The third kappa shape index (κ3) is 3.44. The lowest BCUT2D eigenvalue weighted by molar-refractivity contribution is -0.132. The first-order valence-electron chi connectivity index (χ1n) is 5.34. The molecule has 0 spiro atoms. The van der Waals surface area contributed by atoms with Crippen LogP contribution in [0.3, 0.4) is 0 Å². The van der Waals surface area contributed by atoms with Crippen LogP contribution in [0.2, 0.25) is 0 Å². The molecule has 0 aromatic heterocycles. The largest absolute Gasteiger partial charge is 0.394 e. The first-order valence-corrected chi connectivity index (χ1v) is 5.34. The zero-order valence-electron chi connectivity index (χ0n) is 9.73. The number of rotatable bonds is 4. The van der Waals surface area contributed by atoms with Crippen LogP contribution in [0, 0.1) is 0 Å². The molecule has 0 aliphatic carbocycles. The first kappa shape index (κ1) is 12.4. The molecule has 1 aliphatic rings. The van der Waals surface area contributed by atoms with Gasteiger partial charge in [-0.05, 0) is 21.0 Å². The highest BCUT2D eigenvalue weighted by molar-refractivity contribution is 5.82. The van der Waals surface area contributed by atoms with Crippen LogP contribution in [0.25, 0.3) is 0 Å². The maximum atomic E-state index is 11.6. The van der Waals surface area contributed by atoms with Crippen LogP contribution in [-0.2, 0) is 4.79 Å². The highest BCUT2D eigenvalue weighted by atomic mass is 16.3. The fourth-order valence-electron chi connectivity index (χ4n) is 1.80. The van der Waals surface area contributed by atoms with Crippen molar-refractivity contribution in [2.24, 2.45) is 0 Å². The van der Waals surface area contributed by atoms with E-state index in [4.69, 9.17) is 5.11 Å². The molecule has 0 saturated carbocycles. The molecule has 1 amide bonds. The second-order valence-corrected chi connectivity index (χ2v) is 4.41. The van der Waals surface area contributed by atoms with Crippen LogP contribution >= 0.6 is 0 Å². The third-order valence-electron chi connectivity index (χ3n) is 2.65. The minimum atomic E-state index is -0.374. The number of carbonyl (C=O) groups excluding carboxylic acids is 1. The summed E-state index contributed by atoms with van der Waals surface area (Å²) in [5, 5.41) is 12.0. The van der Waals surface area contributed by atoms with Gasteiger partial charge in [0.2, 0.25) is 5.91 Å². The van der Waals surface area contributed by atoms with E-state index in [1.54, 1.807) is 0 Å². The van der Waals surface area contributed by atoms with E-state index in [-0.39, 0.29) is 24.6 Å². The van der Waals surface area contributed by atoms with Gasteiger partial charge in [-0.3, -0.25) is 9.69 Å². The Hall–Kier alpha value is -0.650. The summed E-state index contributed by atoms with van der Waals surface area (Å²) in [4.78, 5) is 15.7. The summed E-state index contributed by atoms with van der Waals surface area (Å²) in [6.45, 7) is 4.40. The molecule has 88 valence electrons. The normalized spacial score (nSPS) is 28.2. The van der Waals surface area contributed by atoms with Gasteiger partial charge in [-0.15, -0.1) is 0 Å². The predicted molar refractivity (Wildman–Crippen MR) is 58.6 cm³/mol. The lowest BCUT2D eigenvalue weighted by atomic mass is 10.1. The Morgan fingerprint density at radius 1 is 1.60 bits per heavy atom. The number of carbonyl (C=O) groups is 1. The molecule has 0 aromatic rings. The van der Waals surface area contributed by atoms with E-state index in [0.717, 1.165) is 19.6 Å². The molecule has 1 saturated heterocycles. The van der Waals surface area contributed by atoms with Crippen molar-refractivity contribution in [3.63, 3.8) is 0 Å². The Morgan fingerprint density at radius 2 is 2.27 bits per heavy atom. The van der Waals surface area contributed by atoms with E-state index in [2.05, 4.69) is 10.2 Å². The van der Waals surface area contributed by atoms with Crippen LogP contribution < -0.4 is 5.32 Å². The molecule has 5 heteroatoms. The van der Waals surface area contributed by atoms with Gasteiger partial charge in [-0.1, -0.05) is 0 Å². The highest BCUT2D eigenvalue weighted by Gasteiger charge is 2.31. The fraction of sp³-hybridized carbons (Fsp3) is 0.900. The van der Waals surface area contributed by atoms with Crippen LogP contribution in [0.5, 0.6) is 0 Å². The van der Waals surface area contributed by atoms with Crippen molar-refractivity contribution < 1.29 is 9.90 Å². The van der Waals surface area contributed by atoms with Crippen molar-refractivity contribution in [2.75, 3.05) is 40.3 Å². The summed E-state index contributed by atoms with van der Waals surface area (Å²) in [6, 6.07) is -0.205. The average Bonchev–Trinajstić information content (AvgIpc) is 2.13. The lowest BCUT2D eigenvalue weighted by Crippen LogP contribution is -2.61. The maximum Gasteiger partial charge on any atom is 0.239 e. The molecule has 1 fully saturated rings. The van der Waals surface area contributed by atoms with Gasteiger partial charge in [0.25, 0.3) is 0 Å². The third-order valence-corrected chi connectivity index (χ3v) is 2.65. The van der Waals surface area contributed by atoms with E-state index in [1.807, 2.05) is 25.9 Å².